The smallest absolute Gasteiger partial charge is 0.352 e. The summed E-state index contributed by atoms with van der Waals surface area (Å²) < 4.78 is 27.9. The topological polar surface area (TPSA) is 79.6 Å². The lowest BCUT2D eigenvalue weighted by Gasteiger charge is -2.36. The average molecular weight is 300 g/mol. The van der Waals surface area contributed by atoms with Crippen molar-refractivity contribution in [3.8, 4) is 0 Å². The summed E-state index contributed by atoms with van der Waals surface area (Å²) in [5.41, 5.74) is -0.0738. The number of carboxylic acids is 1. The van der Waals surface area contributed by atoms with Gasteiger partial charge in [0.1, 0.15) is 10.6 Å². The maximum absolute atomic E-state index is 12.6. The van der Waals surface area contributed by atoms with Crippen LogP contribution in [0.5, 0.6) is 0 Å². The van der Waals surface area contributed by atoms with Crippen molar-refractivity contribution in [2.45, 2.75) is 31.6 Å². The van der Waals surface area contributed by atoms with E-state index < -0.39 is 16.0 Å². The number of hydrogen-bond acceptors (Lipinski definition) is 3. The van der Waals surface area contributed by atoms with E-state index in [0.29, 0.717) is 13.1 Å². The summed E-state index contributed by atoms with van der Waals surface area (Å²) in [6.07, 6.45) is 3.18. The van der Waals surface area contributed by atoms with Gasteiger partial charge in [-0.15, -0.1) is 0 Å². The molecule has 1 aromatic heterocycles. The third-order valence-corrected chi connectivity index (χ3v) is 5.51. The summed E-state index contributed by atoms with van der Waals surface area (Å²) in [7, 11) is -2.09. The molecule has 6 nitrogen and oxygen atoms in total. The number of rotatable bonds is 3. The van der Waals surface area contributed by atoms with Crippen LogP contribution in [-0.2, 0) is 17.1 Å². The zero-order valence-electron chi connectivity index (χ0n) is 12.0. The molecule has 1 saturated heterocycles. The first kappa shape index (κ1) is 15.1. The van der Waals surface area contributed by atoms with Gasteiger partial charge in [0, 0.05) is 26.3 Å². The molecule has 0 unspecified atom stereocenters. The maximum atomic E-state index is 12.6. The van der Waals surface area contributed by atoms with Crippen LogP contribution in [0.1, 0.15) is 37.2 Å². The first-order valence-corrected chi connectivity index (χ1v) is 7.97. The zero-order chi connectivity index (χ0) is 15.1. The lowest BCUT2D eigenvalue weighted by atomic mass is 9.85. The van der Waals surface area contributed by atoms with Crippen LogP contribution in [0.25, 0.3) is 0 Å². The number of aryl methyl sites for hydroxylation is 1. The second-order valence-electron chi connectivity index (χ2n) is 6.08. The summed E-state index contributed by atoms with van der Waals surface area (Å²) in [5.74, 6) is -1.13. The van der Waals surface area contributed by atoms with E-state index in [1.807, 2.05) is 13.8 Å². The Morgan fingerprint density at radius 3 is 2.55 bits per heavy atom. The Kier molecular flexibility index (Phi) is 3.68. The minimum Gasteiger partial charge on any atom is -0.477 e. The molecule has 7 heteroatoms. The van der Waals surface area contributed by atoms with Crippen molar-refractivity contribution >= 4 is 16.0 Å². The van der Waals surface area contributed by atoms with Crippen LogP contribution in [-0.4, -0.2) is 41.5 Å². The Balaban J connectivity index is 2.35. The molecule has 0 spiro atoms. The number of carbonyl (C=O) groups is 1. The molecule has 0 bridgehead atoms. The SMILES string of the molecule is Cn1cc(S(=O)(=O)N2CCCC(C)(C)C2)cc1C(=O)O. The van der Waals surface area contributed by atoms with Crippen LogP contribution >= 0.6 is 0 Å². The summed E-state index contributed by atoms with van der Waals surface area (Å²) in [4.78, 5) is 11.1. The van der Waals surface area contributed by atoms with E-state index in [2.05, 4.69) is 0 Å². The fourth-order valence-electron chi connectivity index (χ4n) is 2.61. The molecule has 0 radical (unpaired) electrons. The predicted molar refractivity (Wildman–Crippen MR) is 74.1 cm³/mol. The Morgan fingerprint density at radius 1 is 1.40 bits per heavy atom. The Hall–Kier alpha value is -1.34. The van der Waals surface area contributed by atoms with Gasteiger partial charge >= 0.3 is 5.97 Å². The van der Waals surface area contributed by atoms with Crippen molar-refractivity contribution in [1.82, 2.24) is 8.87 Å². The van der Waals surface area contributed by atoms with E-state index in [0.717, 1.165) is 12.8 Å². The molecule has 1 N–H and O–H groups in total. The number of piperidine rings is 1. The highest BCUT2D eigenvalue weighted by Gasteiger charge is 2.35. The van der Waals surface area contributed by atoms with Crippen molar-refractivity contribution in [3.63, 3.8) is 0 Å². The average Bonchev–Trinajstić information content (AvgIpc) is 2.70. The largest absolute Gasteiger partial charge is 0.477 e. The van der Waals surface area contributed by atoms with E-state index in [1.54, 1.807) is 0 Å². The first-order valence-electron chi connectivity index (χ1n) is 6.53. The Labute approximate surface area is 119 Å². The quantitative estimate of drug-likeness (QED) is 0.918. The zero-order valence-corrected chi connectivity index (χ0v) is 12.8. The van der Waals surface area contributed by atoms with Gasteiger partial charge in [0.25, 0.3) is 0 Å². The molecule has 1 aliphatic heterocycles. The van der Waals surface area contributed by atoms with Gasteiger partial charge in [-0.2, -0.15) is 4.31 Å². The first-order chi connectivity index (χ1) is 9.13. The summed E-state index contributed by atoms with van der Waals surface area (Å²) in [6.45, 7) is 5.04. The fourth-order valence-corrected chi connectivity index (χ4v) is 4.35. The second kappa shape index (κ2) is 4.89. The normalized spacial score (nSPS) is 19.9. The molecule has 1 aliphatic rings. The van der Waals surface area contributed by atoms with E-state index in [-0.39, 0.29) is 16.0 Å². The van der Waals surface area contributed by atoms with Gasteiger partial charge in [-0.05, 0) is 24.3 Å². The number of aromatic carboxylic acids is 1. The van der Waals surface area contributed by atoms with Crippen molar-refractivity contribution in [2.75, 3.05) is 13.1 Å². The number of carboxylic acid groups (broad SMARTS) is 1. The highest BCUT2D eigenvalue weighted by atomic mass is 32.2. The van der Waals surface area contributed by atoms with Gasteiger partial charge in [0.2, 0.25) is 10.0 Å². The third-order valence-electron chi connectivity index (χ3n) is 3.70. The molecule has 0 amide bonds. The van der Waals surface area contributed by atoms with E-state index in [4.69, 9.17) is 5.11 Å². The highest BCUT2D eigenvalue weighted by Crippen LogP contribution is 2.32. The molecule has 1 fully saturated rings. The molecular formula is C13H20N2O4S. The fraction of sp³-hybridized carbons (Fsp3) is 0.615. The standard InChI is InChI=1S/C13H20N2O4S/c1-13(2)5-4-6-15(9-13)20(18,19)10-7-11(12(16)17)14(3)8-10/h7-8H,4-6,9H2,1-3H3,(H,16,17). The monoisotopic (exact) mass is 300 g/mol. The molecule has 0 aromatic carbocycles. The van der Waals surface area contributed by atoms with E-state index in [9.17, 15) is 13.2 Å². The second-order valence-corrected chi connectivity index (χ2v) is 8.02. The van der Waals surface area contributed by atoms with Gasteiger partial charge in [0.05, 0.1) is 0 Å². The molecular weight excluding hydrogens is 280 g/mol. The van der Waals surface area contributed by atoms with Gasteiger partial charge in [-0.25, -0.2) is 13.2 Å². The maximum Gasteiger partial charge on any atom is 0.352 e. The molecule has 1 aromatic rings. The number of hydrogen-bond donors (Lipinski definition) is 1. The van der Waals surface area contributed by atoms with Crippen molar-refractivity contribution in [1.29, 1.82) is 0 Å². The van der Waals surface area contributed by atoms with Crippen LogP contribution in [0, 0.1) is 5.41 Å². The highest BCUT2D eigenvalue weighted by molar-refractivity contribution is 7.89. The minimum atomic E-state index is -3.62. The third kappa shape index (κ3) is 2.73. The van der Waals surface area contributed by atoms with Crippen molar-refractivity contribution in [3.05, 3.63) is 18.0 Å². The van der Waals surface area contributed by atoms with Crippen molar-refractivity contribution in [2.24, 2.45) is 12.5 Å². The summed E-state index contributed by atoms with van der Waals surface area (Å²) >= 11 is 0. The Bertz CT molecular complexity index is 631. The van der Waals surface area contributed by atoms with Gasteiger partial charge in [0.15, 0.2) is 0 Å². The van der Waals surface area contributed by atoms with E-state index in [1.165, 1.54) is 28.2 Å². The van der Waals surface area contributed by atoms with Crippen LogP contribution in [0.3, 0.4) is 0 Å². The van der Waals surface area contributed by atoms with Gasteiger partial charge < -0.3 is 9.67 Å². The molecule has 0 aliphatic carbocycles. The summed E-state index contributed by atoms with van der Waals surface area (Å²) in [5, 5.41) is 9.01. The lowest BCUT2D eigenvalue weighted by molar-refractivity contribution is 0.0686. The van der Waals surface area contributed by atoms with E-state index >= 15 is 0 Å². The van der Waals surface area contributed by atoms with Crippen LogP contribution in [0.15, 0.2) is 17.2 Å². The molecule has 2 heterocycles. The molecule has 0 atom stereocenters. The van der Waals surface area contributed by atoms with Gasteiger partial charge in [-0.3, -0.25) is 0 Å². The predicted octanol–water partition coefficient (Wildman–Crippen LogP) is 1.53. The van der Waals surface area contributed by atoms with Crippen molar-refractivity contribution < 1.29 is 18.3 Å². The number of sulfonamides is 1. The molecule has 112 valence electrons. The van der Waals surface area contributed by atoms with Crippen LogP contribution < -0.4 is 0 Å². The number of aromatic nitrogens is 1. The summed E-state index contributed by atoms with van der Waals surface area (Å²) in [6, 6.07) is 1.22. The lowest BCUT2D eigenvalue weighted by Crippen LogP contribution is -2.43. The van der Waals surface area contributed by atoms with Crippen LogP contribution in [0.4, 0.5) is 0 Å². The minimum absolute atomic E-state index is 0.0279. The van der Waals surface area contributed by atoms with Crippen LogP contribution in [0.2, 0.25) is 0 Å². The Morgan fingerprint density at radius 2 is 2.05 bits per heavy atom. The molecule has 0 saturated carbocycles. The molecule has 2 rings (SSSR count). The number of nitrogens with zero attached hydrogens (tertiary/aromatic N) is 2. The molecule has 20 heavy (non-hydrogen) atoms. The van der Waals surface area contributed by atoms with Gasteiger partial charge in [-0.1, -0.05) is 13.8 Å².